The minimum atomic E-state index is -0.197. The van der Waals surface area contributed by atoms with Gasteiger partial charge < -0.3 is 4.57 Å². The average molecular weight is 343 g/mol. The third-order valence-corrected chi connectivity index (χ3v) is 4.45. The Balaban J connectivity index is 2.01. The van der Waals surface area contributed by atoms with Gasteiger partial charge in [-0.05, 0) is 24.1 Å². The zero-order valence-electron chi connectivity index (χ0n) is 15.2. The fourth-order valence-electron chi connectivity index (χ4n) is 3.08. The molecule has 3 heteroatoms. The zero-order valence-corrected chi connectivity index (χ0v) is 15.2. The standard InChI is InChI=1S/C23H21NO2/c1-16(2)23(26)22-19-11-7-8-12-20(19)24(3)21(22)15-18(25)14-13-17-9-5-4-6-10-17/h4-12,16H,15H2,1-3H3. The summed E-state index contributed by atoms with van der Waals surface area (Å²) in [6.45, 7) is 3.76. The molecule has 3 nitrogen and oxygen atoms in total. The fourth-order valence-corrected chi connectivity index (χ4v) is 3.08. The van der Waals surface area contributed by atoms with Crippen molar-refractivity contribution in [3.8, 4) is 11.8 Å². The maximum absolute atomic E-state index is 12.8. The van der Waals surface area contributed by atoms with Crippen molar-refractivity contribution in [3.05, 3.63) is 71.4 Å². The zero-order chi connectivity index (χ0) is 18.7. The minimum Gasteiger partial charge on any atom is -0.346 e. The molecule has 26 heavy (non-hydrogen) atoms. The quantitative estimate of drug-likeness (QED) is 0.526. The second kappa shape index (κ2) is 7.41. The smallest absolute Gasteiger partial charge is 0.211 e. The van der Waals surface area contributed by atoms with Gasteiger partial charge in [0, 0.05) is 40.7 Å². The Hall–Kier alpha value is -3.12. The lowest BCUT2D eigenvalue weighted by Crippen LogP contribution is -2.13. The molecule has 130 valence electrons. The van der Waals surface area contributed by atoms with E-state index in [0.717, 1.165) is 22.2 Å². The largest absolute Gasteiger partial charge is 0.346 e. The number of ketones is 2. The number of aryl methyl sites for hydroxylation is 1. The summed E-state index contributed by atoms with van der Waals surface area (Å²) in [5.74, 6) is 5.32. The summed E-state index contributed by atoms with van der Waals surface area (Å²) in [4.78, 5) is 25.3. The molecule has 0 amide bonds. The first kappa shape index (κ1) is 17.7. The van der Waals surface area contributed by atoms with Crippen LogP contribution in [0.3, 0.4) is 0 Å². The Morgan fingerprint density at radius 2 is 1.65 bits per heavy atom. The van der Waals surface area contributed by atoms with E-state index in [1.165, 1.54) is 0 Å². The Labute approximate surface area is 153 Å². The van der Waals surface area contributed by atoms with E-state index in [9.17, 15) is 9.59 Å². The topological polar surface area (TPSA) is 39.1 Å². The molecule has 0 aliphatic heterocycles. The van der Waals surface area contributed by atoms with Crippen LogP contribution in [0.1, 0.15) is 35.5 Å². The second-order valence-corrected chi connectivity index (χ2v) is 6.63. The molecule has 1 heterocycles. The third-order valence-electron chi connectivity index (χ3n) is 4.45. The lowest BCUT2D eigenvalue weighted by atomic mass is 9.96. The van der Waals surface area contributed by atoms with Crippen LogP contribution in [-0.4, -0.2) is 16.1 Å². The van der Waals surface area contributed by atoms with Gasteiger partial charge in [0.25, 0.3) is 0 Å². The van der Waals surface area contributed by atoms with Crippen LogP contribution >= 0.6 is 0 Å². The SMILES string of the molecule is CC(C)C(=O)c1c(CC(=O)C#Cc2ccccc2)n(C)c2ccccc12. The molecular weight excluding hydrogens is 322 g/mol. The second-order valence-electron chi connectivity index (χ2n) is 6.63. The van der Waals surface area contributed by atoms with Crippen LogP contribution in [0.25, 0.3) is 10.9 Å². The number of Topliss-reactive ketones (excluding diaryl/α,β-unsaturated/α-hetero) is 2. The number of fused-ring (bicyclic) bond motifs is 1. The van der Waals surface area contributed by atoms with E-state index >= 15 is 0 Å². The Morgan fingerprint density at radius 3 is 2.35 bits per heavy atom. The van der Waals surface area contributed by atoms with E-state index in [-0.39, 0.29) is 23.9 Å². The highest BCUT2D eigenvalue weighted by molar-refractivity contribution is 6.11. The van der Waals surface area contributed by atoms with Crippen LogP contribution in [0.2, 0.25) is 0 Å². The van der Waals surface area contributed by atoms with Crippen LogP contribution in [0.4, 0.5) is 0 Å². The van der Waals surface area contributed by atoms with Crippen molar-refractivity contribution in [1.82, 2.24) is 4.57 Å². The van der Waals surface area contributed by atoms with Gasteiger partial charge in [-0.3, -0.25) is 9.59 Å². The minimum absolute atomic E-state index is 0.0561. The van der Waals surface area contributed by atoms with E-state index in [0.29, 0.717) is 5.56 Å². The molecule has 0 saturated heterocycles. The van der Waals surface area contributed by atoms with E-state index in [2.05, 4.69) is 11.8 Å². The highest BCUT2D eigenvalue weighted by atomic mass is 16.1. The van der Waals surface area contributed by atoms with Gasteiger partial charge in [-0.25, -0.2) is 0 Å². The van der Waals surface area contributed by atoms with Gasteiger partial charge in [-0.15, -0.1) is 0 Å². The predicted octanol–water partition coefficient (Wildman–Crippen LogP) is 4.18. The number of aromatic nitrogens is 1. The van der Waals surface area contributed by atoms with Crippen LogP contribution in [0.15, 0.2) is 54.6 Å². The van der Waals surface area contributed by atoms with Gasteiger partial charge >= 0.3 is 0 Å². The highest BCUT2D eigenvalue weighted by Gasteiger charge is 2.23. The summed E-state index contributed by atoms with van der Waals surface area (Å²) in [7, 11) is 1.90. The molecule has 1 aromatic heterocycles. The van der Waals surface area contributed by atoms with Crippen LogP contribution in [0, 0.1) is 17.8 Å². The van der Waals surface area contributed by atoms with E-state index in [1.54, 1.807) is 0 Å². The van der Waals surface area contributed by atoms with Gasteiger partial charge in [-0.2, -0.15) is 0 Å². The van der Waals surface area contributed by atoms with Crippen molar-refractivity contribution < 1.29 is 9.59 Å². The number of hydrogen-bond donors (Lipinski definition) is 0. The number of para-hydroxylation sites is 1. The molecule has 0 atom stereocenters. The maximum atomic E-state index is 12.8. The van der Waals surface area contributed by atoms with Crippen molar-refractivity contribution in [3.63, 3.8) is 0 Å². The molecular formula is C23H21NO2. The molecule has 3 rings (SSSR count). The van der Waals surface area contributed by atoms with Gasteiger partial charge in [0.2, 0.25) is 5.78 Å². The number of nitrogens with zero attached hydrogens (tertiary/aromatic N) is 1. The summed E-state index contributed by atoms with van der Waals surface area (Å²) in [5.41, 5.74) is 3.14. The van der Waals surface area contributed by atoms with Crippen molar-refractivity contribution >= 4 is 22.5 Å². The monoisotopic (exact) mass is 343 g/mol. The molecule has 0 saturated carbocycles. The third kappa shape index (κ3) is 3.45. The van der Waals surface area contributed by atoms with Gasteiger partial charge in [0.1, 0.15) is 0 Å². The van der Waals surface area contributed by atoms with E-state index in [4.69, 9.17) is 0 Å². The molecule has 3 aromatic rings. The summed E-state index contributed by atoms with van der Waals surface area (Å²) in [6.07, 6.45) is 0.124. The van der Waals surface area contributed by atoms with Gasteiger partial charge in [0.15, 0.2) is 5.78 Å². The molecule has 2 aromatic carbocycles. The lowest BCUT2D eigenvalue weighted by molar-refractivity contribution is -0.113. The van der Waals surface area contributed by atoms with Crippen LogP contribution in [-0.2, 0) is 18.3 Å². The maximum Gasteiger partial charge on any atom is 0.211 e. The highest BCUT2D eigenvalue weighted by Crippen LogP contribution is 2.28. The molecule has 0 N–H and O–H groups in total. The van der Waals surface area contributed by atoms with Crippen molar-refractivity contribution in [1.29, 1.82) is 0 Å². The number of carbonyl (C=O) groups excluding carboxylic acids is 2. The van der Waals surface area contributed by atoms with Crippen molar-refractivity contribution in [2.24, 2.45) is 13.0 Å². The van der Waals surface area contributed by atoms with Crippen LogP contribution < -0.4 is 0 Å². The van der Waals surface area contributed by atoms with Gasteiger partial charge in [-0.1, -0.05) is 56.2 Å². The summed E-state index contributed by atoms with van der Waals surface area (Å²) >= 11 is 0. The first-order chi connectivity index (χ1) is 12.5. The number of carbonyl (C=O) groups is 2. The molecule has 0 radical (unpaired) electrons. The molecule has 0 unspecified atom stereocenters. The molecule has 0 aliphatic carbocycles. The van der Waals surface area contributed by atoms with Crippen molar-refractivity contribution in [2.45, 2.75) is 20.3 Å². The van der Waals surface area contributed by atoms with E-state index < -0.39 is 0 Å². The van der Waals surface area contributed by atoms with Gasteiger partial charge in [0.05, 0.1) is 6.42 Å². The Bertz CT molecular complexity index is 1030. The summed E-state index contributed by atoms with van der Waals surface area (Å²) in [5, 5.41) is 0.896. The average Bonchev–Trinajstić information content (AvgIpc) is 2.92. The first-order valence-electron chi connectivity index (χ1n) is 8.69. The first-order valence-corrected chi connectivity index (χ1v) is 8.69. The number of benzene rings is 2. The molecule has 0 aliphatic rings. The van der Waals surface area contributed by atoms with Crippen LogP contribution in [0.5, 0.6) is 0 Å². The molecule has 0 fully saturated rings. The van der Waals surface area contributed by atoms with Crippen molar-refractivity contribution in [2.75, 3.05) is 0 Å². The Morgan fingerprint density at radius 1 is 1.00 bits per heavy atom. The number of hydrogen-bond acceptors (Lipinski definition) is 2. The number of rotatable bonds is 4. The normalized spacial score (nSPS) is 10.6. The van der Waals surface area contributed by atoms with E-state index in [1.807, 2.05) is 80.1 Å². The Kier molecular flexibility index (Phi) is 5.04. The molecule has 0 spiro atoms. The summed E-state index contributed by atoms with van der Waals surface area (Å²) < 4.78 is 1.94. The summed E-state index contributed by atoms with van der Waals surface area (Å²) in [6, 6.07) is 17.2. The predicted molar refractivity (Wildman–Crippen MR) is 104 cm³/mol. The fraction of sp³-hybridized carbons (Fsp3) is 0.217. The molecule has 0 bridgehead atoms. The lowest BCUT2D eigenvalue weighted by Gasteiger charge is -2.07.